The van der Waals surface area contributed by atoms with Crippen LogP contribution in [-0.4, -0.2) is 79.6 Å². The molecule has 6 atom stereocenters. The van der Waals surface area contributed by atoms with Gasteiger partial charge in [0.1, 0.15) is 22.8 Å². The first-order chi connectivity index (χ1) is 16.6. The fraction of sp³-hybridized carbons (Fsp3) is 0.519. The van der Waals surface area contributed by atoms with Crippen LogP contribution in [0.2, 0.25) is 0 Å². The zero-order valence-corrected chi connectivity index (χ0v) is 21.2. The number of carbonyl (C=O) groups is 3. The number of carbonyl (C=O) groups excluding carboxylic acids is 3. The van der Waals surface area contributed by atoms with Crippen molar-refractivity contribution in [1.82, 2.24) is 4.90 Å². The molecule has 4 rings (SSSR count). The van der Waals surface area contributed by atoms with Gasteiger partial charge < -0.3 is 25.5 Å². The largest absolute Gasteiger partial charge is 0.508 e. The van der Waals surface area contributed by atoms with E-state index in [1.165, 1.54) is 25.1 Å². The lowest BCUT2D eigenvalue weighted by Gasteiger charge is -2.53. The average molecular weight is 500 g/mol. The molecule has 1 saturated carbocycles. The van der Waals surface area contributed by atoms with Crippen molar-refractivity contribution in [2.24, 2.45) is 17.3 Å². The van der Waals surface area contributed by atoms with Crippen LogP contribution in [0.25, 0.3) is 5.76 Å². The monoisotopic (exact) mass is 499 g/mol. The summed E-state index contributed by atoms with van der Waals surface area (Å²) in [7, 11) is 3.05. The molecule has 0 amide bonds. The highest BCUT2D eigenvalue weighted by atomic mass is 16.4. The Kier molecular flexibility index (Phi) is 5.98. The molecule has 9 heteroatoms. The highest BCUT2D eigenvalue weighted by molar-refractivity contribution is 6.25. The number of likely N-dealkylation sites (N-methyl/N-ethyl adjacent to an activating group) is 1. The predicted molar refractivity (Wildman–Crippen MR) is 130 cm³/mol. The predicted octanol–water partition coefficient (Wildman–Crippen LogP) is 2.02. The van der Waals surface area contributed by atoms with E-state index in [-0.39, 0.29) is 23.3 Å². The van der Waals surface area contributed by atoms with Crippen molar-refractivity contribution in [2.45, 2.75) is 57.8 Å². The number of fused-ring (bicyclic) bond motifs is 3. The minimum atomic E-state index is -2.84. The Morgan fingerprint density at radius 2 is 1.72 bits per heavy atom. The van der Waals surface area contributed by atoms with Gasteiger partial charge in [0.2, 0.25) is 5.78 Å². The summed E-state index contributed by atoms with van der Waals surface area (Å²) in [6, 6.07) is 3.27. The number of nitrogens with zero attached hydrogens (tertiary/aromatic N) is 1. The van der Waals surface area contributed by atoms with E-state index >= 15 is 0 Å². The van der Waals surface area contributed by atoms with Crippen LogP contribution in [0.5, 0.6) is 5.75 Å². The SMILES string of the molecule is CC1c2cccc(O)c2C(O)=C2C(=O)C3(O)C(O)=C(C(=O)CC(C)(C)C)C(=O)C(N(C)C)C3C(O)C21. The molecule has 0 heterocycles. The normalized spacial score (nSPS) is 32.4. The number of benzene rings is 1. The summed E-state index contributed by atoms with van der Waals surface area (Å²) in [6.45, 7) is 7.02. The zero-order valence-electron chi connectivity index (χ0n) is 21.2. The van der Waals surface area contributed by atoms with Crippen LogP contribution in [0, 0.1) is 17.3 Å². The number of Topliss-reactive ketones (excluding diaryl/α,β-unsaturated/α-hetero) is 3. The first-order valence-corrected chi connectivity index (χ1v) is 11.9. The molecule has 1 fully saturated rings. The third-order valence-electron chi connectivity index (χ3n) is 7.72. The molecule has 0 spiro atoms. The fourth-order valence-corrected chi connectivity index (χ4v) is 6.18. The maximum Gasteiger partial charge on any atom is 0.202 e. The molecule has 5 N–H and O–H groups in total. The molecule has 0 radical (unpaired) electrons. The second kappa shape index (κ2) is 8.26. The number of ketones is 3. The quantitative estimate of drug-likeness (QED) is 0.393. The van der Waals surface area contributed by atoms with E-state index in [1.807, 2.05) is 0 Å². The molecule has 194 valence electrons. The molecule has 36 heavy (non-hydrogen) atoms. The van der Waals surface area contributed by atoms with Gasteiger partial charge in [-0.1, -0.05) is 39.8 Å². The molecule has 6 unspecified atom stereocenters. The van der Waals surface area contributed by atoms with Crippen molar-refractivity contribution >= 4 is 23.1 Å². The number of aliphatic hydroxyl groups excluding tert-OH is 3. The van der Waals surface area contributed by atoms with E-state index in [1.54, 1.807) is 39.8 Å². The van der Waals surface area contributed by atoms with Gasteiger partial charge in [-0.2, -0.15) is 0 Å². The Labute approximate surface area is 209 Å². The van der Waals surface area contributed by atoms with Gasteiger partial charge in [-0.15, -0.1) is 0 Å². The third-order valence-corrected chi connectivity index (χ3v) is 7.72. The standard InChI is InChI=1S/C27H33NO8/c1-11-12-8-7-9-13(29)16(12)21(31)18-15(11)22(32)19-20(28(5)6)23(33)17(14(30)10-26(2,3)4)24(34)27(19,36)25(18)35/h7-9,11,15,19-20,22,29,31-32,34,36H,10H2,1-6H3. The van der Waals surface area contributed by atoms with Crippen LogP contribution in [0.3, 0.4) is 0 Å². The van der Waals surface area contributed by atoms with Crippen LogP contribution >= 0.6 is 0 Å². The van der Waals surface area contributed by atoms with Gasteiger partial charge >= 0.3 is 0 Å². The lowest BCUT2D eigenvalue weighted by Crippen LogP contribution is -2.70. The van der Waals surface area contributed by atoms with Crippen molar-refractivity contribution in [1.29, 1.82) is 0 Å². The number of aromatic hydroxyl groups is 1. The van der Waals surface area contributed by atoms with Crippen LogP contribution < -0.4 is 0 Å². The van der Waals surface area contributed by atoms with E-state index in [9.17, 15) is 39.9 Å². The summed E-state index contributed by atoms with van der Waals surface area (Å²) in [5.74, 6) is -7.77. The minimum absolute atomic E-state index is 0.00222. The Morgan fingerprint density at radius 1 is 1.11 bits per heavy atom. The van der Waals surface area contributed by atoms with Gasteiger partial charge in [-0.05, 0) is 37.1 Å². The van der Waals surface area contributed by atoms with Gasteiger partial charge in [0, 0.05) is 17.9 Å². The van der Waals surface area contributed by atoms with E-state index in [0.717, 1.165) is 0 Å². The summed E-state index contributed by atoms with van der Waals surface area (Å²) in [5.41, 5.74) is -3.94. The van der Waals surface area contributed by atoms with Gasteiger partial charge in [-0.3, -0.25) is 19.3 Å². The maximum absolute atomic E-state index is 14.0. The zero-order chi connectivity index (χ0) is 27.1. The van der Waals surface area contributed by atoms with Gasteiger partial charge in [0.25, 0.3) is 0 Å². The van der Waals surface area contributed by atoms with Gasteiger partial charge in [0.05, 0.1) is 23.6 Å². The molecule has 0 aromatic heterocycles. The minimum Gasteiger partial charge on any atom is -0.508 e. The lowest BCUT2D eigenvalue weighted by atomic mass is 9.54. The van der Waals surface area contributed by atoms with Gasteiger partial charge in [0.15, 0.2) is 17.2 Å². The smallest absolute Gasteiger partial charge is 0.202 e. The molecule has 3 aliphatic carbocycles. The average Bonchev–Trinajstić information content (AvgIpc) is 2.75. The van der Waals surface area contributed by atoms with Crippen LogP contribution in [-0.2, 0) is 14.4 Å². The molecular weight excluding hydrogens is 466 g/mol. The van der Waals surface area contributed by atoms with Crippen LogP contribution in [0.1, 0.15) is 51.2 Å². The molecule has 0 aliphatic heterocycles. The van der Waals surface area contributed by atoms with E-state index in [2.05, 4.69) is 0 Å². The van der Waals surface area contributed by atoms with E-state index in [4.69, 9.17) is 0 Å². The van der Waals surface area contributed by atoms with Crippen molar-refractivity contribution in [2.75, 3.05) is 14.1 Å². The van der Waals surface area contributed by atoms with Crippen molar-refractivity contribution in [3.05, 3.63) is 46.2 Å². The third kappa shape index (κ3) is 3.44. The second-order valence-electron chi connectivity index (χ2n) is 11.6. The Bertz CT molecular complexity index is 1240. The van der Waals surface area contributed by atoms with Crippen molar-refractivity contribution in [3.63, 3.8) is 0 Å². The first-order valence-electron chi connectivity index (χ1n) is 11.9. The molecule has 1 aromatic carbocycles. The van der Waals surface area contributed by atoms with E-state index < -0.39 is 75.4 Å². The molecular formula is C27H33NO8. The fourth-order valence-electron chi connectivity index (χ4n) is 6.18. The first kappa shape index (κ1) is 26.1. The number of aliphatic hydroxyl groups is 4. The molecule has 0 bridgehead atoms. The lowest BCUT2D eigenvalue weighted by molar-refractivity contribution is -0.169. The van der Waals surface area contributed by atoms with Crippen molar-refractivity contribution < 1.29 is 39.9 Å². The molecule has 1 aromatic rings. The molecule has 3 aliphatic rings. The number of hydrogen-bond donors (Lipinski definition) is 5. The van der Waals surface area contributed by atoms with Crippen molar-refractivity contribution in [3.8, 4) is 5.75 Å². The summed E-state index contributed by atoms with van der Waals surface area (Å²) < 4.78 is 0. The maximum atomic E-state index is 14.0. The highest BCUT2D eigenvalue weighted by Gasteiger charge is 2.68. The summed E-state index contributed by atoms with van der Waals surface area (Å²) in [4.78, 5) is 42.2. The Morgan fingerprint density at radius 3 is 2.28 bits per heavy atom. The van der Waals surface area contributed by atoms with Crippen LogP contribution in [0.15, 0.2) is 35.1 Å². The second-order valence-corrected chi connectivity index (χ2v) is 11.6. The van der Waals surface area contributed by atoms with E-state index in [0.29, 0.717) is 5.56 Å². The number of phenolic OH excluding ortho intramolecular Hbond substituents is 1. The summed E-state index contributed by atoms with van der Waals surface area (Å²) >= 11 is 0. The highest BCUT2D eigenvalue weighted by Crippen LogP contribution is 2.56. The summed E-state index contributed by atoms with van der Waals surface area (Å²) in [6.07, 6.45) is -1.70. The Balaban J connectivity index is 2.02. The molecule has 9 nitrogen and oxygen atoms in total. The number of rotatable bonds is 3. The van der Waals surface area contributed by atoms with Crippen LogP contribution in [0.4, 0.5) is 0 Å². The number of phenols is 1. The number of hydrogen-bond acceptors (Lipinski definition) is 9. The Hall–Kier alpha value is -3.01. The van der Waals surface area contributed by atoms with Gasteiger partial charge in [-0.25, -0.2) is 0 Å². The topological polar surface area (TPSA) is 156 Å². The summed E-state index contributed by atoms with van der Waals surface area (Å²) in [5, 5.41) is 56.2. The molecule has 0 saturated heterocycles.